The maximum Gasteiger partial charge on any atom is 0.254 e. The van der Waals surface area contributed by atoms with E-state index in [4.69, 9.17) is 4.74 Å². The number of rotatable bonds is 5. The van der Waals surface area contributed by atoms with Gasteiger partial charge in [-0.2, -0.15) is 0 Å². The monoisotopic (exact) mass is 411 g/mol. The number of nitrogens with zero attached hydrogens (tertiary/aromatic N) is 3. The fourth-order valence-electron chi connectivity index (χ4n) is 4.30. The molecule has 3 heterocycles. The normalized spacial score (nSPS) is 16.0. The van der Waals surface area contributed by atoms with Crippen LogP contribution in [-0.2, 0) is 6.61 Å². The third kappa shape index (κ3) is 4.04. The van der Waals surface area contributed by atoms with Gasteiger partial charge in [-0.3, -0.25) is 4.79 Å². The molecule has 0 bridgehead atoms. The molecule has 0 aliphatic carbocycles. The van der Waals surface area contributed by atoms with Crippen LogP contribution >= 0.6 is 0 Å². The van der Waals surface area contributed by atoms with Crippen molar-refractivity contribution in [2.24, 2.45) is 0 Å². The topological polar surface area (TPSA) is 46.8 Å². The molecule has 5 rings (SSSR count). The van der Waals surface area contributed by atoms with Gasteiger partial charge in [0, 0.05) is 24.5 Å². The van der Waals surface area contributed by atoms with Crippen molar-refractivity contribution in [2.75, 3.05) is 6.54 Å². The highest BCUT2D eigenvalue weighted by Crippen LogP contribution is 2.33. The fraction of sp³-hybridized carbons (Fsp3) is 0.231. The van der Waals surface area contributed by atoms with Crippen LogP contribution in [0.3, 0.4) is 0 Å². The van der Waals surface area contributed by atoms with Crippen molar-refractivity contribution in [3.63, 3.8) is 0 Å². The van der Waals surface area contributed by atoms with E-state index in [0.717, 1.165) is 30.7 Å². The van der Waals surface area contributed by atoms with Gasteiger partial charge in [0.2, 0.25) is 0 Å². The number of carbonyl (C=O) groups is 1. The third-order valence-corrected chi connectivity index (χ3v) is 5.81. The molecule has 1 aliphatic rings. The number of benzene rings is 2. The Morgan fingerprint density at radius 2 is 1.94 bits per heavy atom. The Bertz CT molecular complexity index is 1220. The Labute approximate surface area is 181 Å². The van der Waals surface area contributed by atoms with Crippen LogP contribution in [0.5, 0.6) is 5.75 Å². The molecule has 0 saturated carbocycles. The highest BCUT2D eigenvalue weighted by atomic mass is 16.5. The van der Waals surface area contributed by atoms with Gasteiger partial charge in [0.25, 0.3) is 5.91 Å². The second-order valence-corrected chi connectivity index (χ2v) is 8.09. The number of fused-ring (bicyclic) bond motifs is 1. The summed E-state index contributed by atoms with van der Waals surface area (Å²) < 4.78 is 7.98. The number of ether oxygens (including phenoxy) is 1. The zero-order valence-electron chi connectivity index (χ0n) is 17.6. The van der Waals surface area contributed by atoms with Crippen molar-refractivity contribution >= 4 is 11.6 Å². The lowest BCUT2D eigenvalue weighted by Gasteiger charge is -2.25. The number of pyridine rings is 1. The number of aromatic nitrogens is 2. The molecule has 1 amide bonds. The molecular weight excluding hydrogens is 386 g/mol. The highest BCUT2D eigenvalue weighted by molar-refractivity contribution is 5.95. The average molecular weight is 412 g/mol. The predicted molar refractivity (Wildman–Crippen MR) is 120 cm³/mol. The average Bonchev–Trinajstić information content (AvgIpc) is 3.45. The molecule has 2 aromatic heterocycles. The van der Waals surface area contributed by atoms with Crippen LogP contribution in [0.2, 0.25) is 0 Å². The van der Waals surface area contributed by atoms with Crippen molar-refractivity contribution < 1.29 is 9.53 Å². The highest BCUT2D eigenvalue weighted by Gasteiger charge is 2.30. The number of hydrogen-bond acceptors (Lipinski definition) is 3. The van der Waals surface area contributed by atoms with Gasteiger partial charge >= 0.3 is 0 Å². The minimum atomic E-state index is 0.0556. The summed E-state index contributed by atoms with van der Waals surface area (Å²) in [5.41, 5.74) is 4.79. The quantitative estimate of drug-likeness (QED) is 0.454. The van der Waals surface area contributed by atoms with E-state index in [1.807, 2.05) is 76.3 Å². The number of carbonyl (C=O) groups excluding carboxylic acids is 1. The molecule has 0 radical (unpaired) electrons. The molecule has 0 spiro atoms. The number of imidazole rings is 1. The molecule has 1 saturated heterocycles. The van der Waals surface area contributed by atoms with Crippen LogP contribution in [0, 0.1) is 6.92 Å². The first-order valence-corrected chi connectivity index (χ1v) is 10.7. The van der Waals surface area contributed by atoms with E-state index in [2.05, 4.69) is 24.0 Å². The van der Waals surface area contributed by atoms with E-state index < -0.39 is 0 Å². The zero-order chi connectivity index (χ0) is 21.2. The smallest absolute Gasteiger partial charge is 0.254 e. The lowest BCUT2D eigenvalue weighted by Crippen LogP contribution is -2.30. The standard InChI is InChI=1S/C26H25N3O2/c1-19-12-13-25-27-22(17-28(25)16-19)18-31-23-10-5-9-21(15-23)26(30)29-14-6-11-24(29)20-7-3-2-4-8-20/h2-5,7-10,12-13,15-17,24H,6,11,14,18H2,1H3. The van der Waals surface area contributed by atoms with Crippen LogP contribution in [-0.4, -0.2) is 26.7 Å². The number of likely N-dealkylation sites (tertiary alicyclic amines) is 1. The van der Waals surface area contributed by atoms with E-state index in [-0.39, 0.29) is 11.9 Å². The molecular formula is C26H25N3O2. The van der Waals surface area contributed by atoms with Crippen molar-refractivity contribution in [1.82, 2.24) is 14.3 Å². The second-order valence-electron chi connectivity index (χ2n) is 8.09. The molecule has 156 valence electrons. The van der Waals surface area contributed by atoms with Crippen molar-refractivity contribution in [3.8, 4) is 5.75 Å². The maximum absolute atomic E-state index is 13.3. The fourth-order valence-corrected chi connectivity index (χ4v) is 4.30. The van der Waals surface area contributed by atoms with E-state index >= 15 is 0 Å². The van der Waals surface area contributed by atoms with Gasteiger partial charge in [-0.05, 0) is 55.2 Å². The van der Waals surface area contributed by atoms with Gasteiger partial charge in [-0.15, -0.1) is 0 Å². The maximum atomic E-state index is 13.3. The Balaban J connectivity index is 1.30. The molecule has 1 unspecified atom stereocenters. The van der Waals surface area contributed by atoms with Crippen LogP contribution in [0.15, 0.2) is 79.1 Å². The summed E-state index contributed by atoms with van der Waals surface area (Å²) in [6.07, 6.45) is 6.05. The number of aryl methyl sites for hydroxylation is 1. The summed E-state index contributed by atoms with van der Waals surface area (Å²) in [6.45, 7) is 3.19. The Kier molecular flexibility index (Phi) is 5.16. The van der Waals surface area contributed by atoms with E-state index in [0.29, 0.717) is 17.9 Å². The molecule has 1 aliphatic heterocycles. The van der Waals surface area contributed by atoms with Crippen LogP contribution in [0.25, 0.3) is 5.65 Å². The van der Waals surface area contributed by atoms with Gasteiger partial charge in [0.05, 0.1) is 11.7 Å². The lowest BCUT2D eigenvalue weighted by atomic mass is 10.0. The molecule has 4 aromatic rings. The number of amides is 1. The molecule has 2 aromatic carbocycles. The SMILES string of the molecule is Cc1ccc2nc(COc3cccc(C(=O)N4CCCC4c4ccccc4)c3)cn2c1. The molecule has 5 nitrogen and oxygen atoms in total. The van der Waals surface area contributed by atoms with E-state index in [1.54, 1.807) is 0 Å². The summed E-state index contributed by atoms with van der Waals surface area (Å²) in [4.78, 5) is 19.8. The molecule has 31 heavy (non-hydrogen) atoms. The Hall–Kier alpha value is -3.60. The van der Waals surface area contributed by atoms with Gasteiger partial charge in [0.15, 0.2) is 0 Å². The van der Waals surface area contributed by atoms with Gasteiger partial charge in [-0.25, -0.2) is 4.98 Å². The van der Waals surface area contributed by atoms with Crippen molar-refractivity contribution in [3.05, 3.63) is 102 Å². The van der Waals surface area contributed by atoms with Gasteiger partial charge in [-0.1, -0.05) is 42.5 Å². The predicted octanol–water partition coefficient (Wildman–Crippen LogP) is 5.20. The number of hydrogen-bond donors (Lipinski definition) is 0. The lowest BCUT2D eigenvalue weighted by molar-refractivity contribution is 0.0735. The summed E-state index contributed by atoms with van der Waals surface area (Å²) in [7, 11) is 0. The first kappa shape index (κ1) is 19.4. The Morgan fingerprint density at radius 1 is 1.06 bits per heavy atom. The molecule has 1 fully saturated rings. The summed E-state index contributed by atoms with van der Waals surface area (Å²) in [5, 5.41) is 0. The molecule has 5 heteroatoms. The Morgan fingerprint density at radius 3 is 2.81 bits per heavy atom. The summed E-state index contributed by atoms with van der Waals surface area (Å²) in [6, 6.07) is 21.9. The first-order valence-electron chi connectivity index (χ1n) is 10.7. The van der Waals surface area contributed by atoms with Crippen LogP contribution < -0.4 is 4.74 Å². The van der Waals surface area contributed by atoms with Crippen LogP contribution in [0.4, 0.5) is 0 Å². The minimum Gasteiger partial charge on any atom is -0.487 e. The second kappa shape index (κ2) is 8.26. The van der Waals surface area contributed by atoms with Crippen LogP contribution in [0.1, 0.15) is 46.1 Å². The van der Waals surface area contributed by atoms with Gasteiger partial charge in [0.1, 0.15) is 18.0 Å². The first-order chi connectivity index (χ1) is 15.2. The van der Waals surface area contributed by atoms with E-state index in [9.17, 15) is 4.79 Å². The summed E-state index contributed by atoms with van der Waals surface area (Å²) in [5.74, 6) is 0.731. The van der Waals surface area contributed by atoms with Crippen molar-refractivity contribution in [2.45, 2.75) is 32.4 Å². The minimum absolute atomic E-state index is 0.0556. The third-order valence-electron chi connectivity index (χ3n) is 5.81. The molecule has 0 N–H and O–H groups in total. The van der Waals surface area contributed by atoms with Crippen molar-refractivity contribution in [1.29, 1.82) is 0 Å². The largest absolute Gasteiger partial charge is 0.487 e. The zero-order valence-corrected chi connectivity index (χ0v) is 17.6. The summed E-state index contributed by atoms with van der Waals surface area (Å²) >= 11 is 0. The van der Waals surface area contributed by atoms with Gasteiger partial charge < -0.3 is 14.0 Å². The molecule has 1 atom stereocenters. The van der Waals surface area contributed by atoms with E-state index in [1.165, 1.54) is 11.1 Å².